The second kappa shape index (κ2) is 21.1. The highest BCUT2D eigenvalue weighted by Gasteiger charge is 2.36. The Morgan fingerprint density at radius 2 is 1.39 bits per heavy atom. The van der Waals surface area contributed by atoms with E-state index in [1.807, 2.05) is 91.0 Å². The molecule has 1 saturated heterocycles. The molecule has 79 heavy (non-hydrogen) atoms. The molecule has 1 fully saturated rings. The van der Waals surface area contributed by atoms with Crippen LogP contribution in [-0.4, -0.2) is 87.9 Å². The Hall–Kier alpha value is -8.40. The average molecular weight is 1090 g/mol. The van der Waals surface area contributed by atoms with Crippen molar-refractivity contribution in [2.24, 2.45) is 5.92 Å². The zero-order valence-electron chi connectivity index (χ0n) is 42.9. The van der Waals surface area contributed by atoms with E-state index < -0.39 is 49.7 Å². The van der Waals surface area contributed by atoms with Gasteiger partial charge in [0.25, 0.3) is 0 Å². The van der Waals surface area contributed by atoms with Crippen LogP contribution >= 0.6 is 0 Å². The summed E-state index contributed by atoms with van der Waals surface area (Å²) in [6.45, 7) is 0.668. The van der Waals surface area contributed by atoms with Crippen molar-refractivity contribution < 1.29 is 40.2 Å². The van der Waals surface area contributed by atoms with Crippen LogP contribution in [0.15, 0.2) is 167 Å². The van der Waals surface area contributed by atoms with E-state index in [0.29, 0.717) is 33.7 Å². The molecule has 6 aromatic rings. The number of anilines is 3. The smallest absolute Gasteiger partial charge is 0.243 e. The molecule has 5 heterocycles. The first-order valence-corrected chi connectivity index (χ1v) is 29.3. The molecule has 1 aliphatic carbocycles. The van der Waals surface area contributed by atoms with Crippen LogP contribution in [0.4, 0.5) is 22.7 Å². The predicted octanol–water partition coefficient (Wildman–Crippen LogP) is 7.44. The number of hydrogen-bond acceptors (Lipinski definition) is 10. The number of carbonyl (C=O) groups excluding carboxylic acids is 3. The highest BCUT2D eigenvalue weighted by atomic mass is 32.2. The van der Waals surface area contributed by atoms with Crippen molar-refractivity contribution in [1.29, 1.82) is 0 Å². The minimum absolute atomic E-state index is 0.0286. The maximum absolute atomic E-state index is 15.0. The SMILES string of the molecule is O=C(NCC(C(=O)NCCC(=O)N1Cc2ccccc2C#Cc2ccccc21)S(=O)(=O)[O-])C1CCN(S(=O)(=O)c2ccccc2-c2c3ccc(=[N+]4CCc5ccccc54)cc-3oc3cc(N4CCc5ccccc54)ccc23)CC1. The standard InChI is InChI=1S/C62H54N6O9S2/c69-59(68-40-46-15-2-1-11-41(46)21-22-42-12-3-9-19-54(42)68)27-32-63-62(71)58(79(74,75)76)39-64-61(70)45-28-33-65(34-29-45)78(72,73)57-20-10-6-16-51(57)60-49-25-23-47(66-35-30-43-13-4-7-17-52(43)66)37-55(49)77-56-38-48(24-26-50(56)60)67-36-31-44-14-5-8-18-53(44)67/h1-20,23-26,37-38,45,58H,27-36,39-40H2,(H2-,63,64,70,71,74,75,76). The van der Waals surface area contributed by atoms with E-state index in [1.165, 1.54) is 15.4 Å². The van der Waals surface area contributed by atoms with Gasteiger partial charge in [-0.25, -0.2) is 16.8 Å². The lowest BCUT2D eigenvalue weighted by Crippen LogP contribution is -2.49. The third-order valence-electron chi connectivity index (χ3n) is 15.6. The molecule has 12 rings (SSSR count). The van der Waals surface area contributed by atoms with E-state index in [9.17, 15) is 35.8 Å². The second-order valence-electron chi connectivity index (χ2n) is 20.2. The van der Waals surface area contributed by atoms with Crippen LogP contribution in [-0.2, 0) is 53.9 Å². The van der Waals surface area contributed by atoms with Crippen LogP contribution in [0.25, 0.3) is 33.4 Å². The fourth-order valence-corrected chi connectivity index (χ4v) is 13.8. The molecular weight excluding hydrogens is 1040 g/mol. The Bertz CT molecular complexity index is 4120. The van der Waals surface area contributed by atoms with Gasteiger partial charge in [-0.2, -0.15) is 8.88 Å². The Morgan fingerprint density at radius 1 is 0.696 bits per heavy atom. The van der Waals surface area contributed by atoms with Gasteiger partial charge >= 0.3 is 0 Å². The summed E-state index contributed by atoms with van der Waals surface area (Å²) in [4.78, 5) is 44.6. The monoisotopic (exact) mass is 1090 g/mol. The van der Waals surface area contributed by atoms with Crippen molar-refractivity contribution in [3.63, 3.8) is 0 Å². The Labute approximate surface area is 458 Å². The maximum atomic E-state index is 15.0. The number of amides is 3. The summed E-state index contributed by atoms with van der Waals surface area (Å²) in [6.07, 6.45) is 1.77. The van der Waals surface area contributed by atoms with E-state index in [0.717, 1.165) is 70.4 Å². The van der Waals surface area contributed by atoms with Crippen LogP contribution in [0.5, 0.6) is 0 Å². The highest BCUT2D eigenvalue weighted by molar-refractivity contribution is 7.89. The molecule has 3 amide bonds. The van der Waals surface area contributed by atoms with Gasteiger partial charge in [0.05, 0.1) is 23.2 Å². The molecule has 6 aliphatic rings. The molecular formula is C62H54N6O9S2. The molecule has 0 aromatic heterocycles. The predicted molar refractivity (Wildman–Crippen MR) is 301 cm³/mol. The first-order chi connectivity index (χ1) is 38.3. The number of para-hydroxylation sites is 3. The van der Waals surface area contributed by atoms with Gasteiger partial charge in [-0.3, -0.25) is 14.4 Å². The van der Waals surface area contributed by atoms with Crippen LogP contribution in [0.3, 0.4) is 0 Å². The lowest BCUT2D eigenvalue weighted by atomic mass is 9.93. The third kappa shape index (κ3) is 9.97. The number of hydrogen-bond donors (Lipinski definition) is 2. The third-order valence-corrected chi connectivity index (χ3v) is 18.6. The molecule has 0 spiro atoms. The van der Waals surface area contributed by atoms with E-state index in [2.05, 4.69) is 68.3 Å². The van der Waals surface area contributed by atoms with E-state index in [4.69, 9.17) is 4.42 Å². The summed E-state index contributed by atoms with van der Waals surface area (Å²) in [5.41, 5.74) is 11.1. The zero-order chi connectivity index (χ0) is 54.4. The molecule has 0 saturated carbocycles. The Morgan fingerprint density at radius 3 is 2.20 bits per heavy atom. The van der Waals surface area contributed by atoms with Gasteiger partial charge < -0.3 is 29.4 Å². The van der Waals surface area contributed by atoms with Crippen LogP contribution in [0.2, 0.25) is 0 Å². The summed E-state index contributed by atoms with van der Waals surface area (Å²) in [5, 5.41) is 4.40. The molecule has 1 unspecified atom stereocenters. The number of carbonyl (C=O) groups is 3. The van der Waals surface area contributed by atoms with Crippen LogP contribution in [0.1, 0.15) is 47.1 Å². The molecule has 398 valence electrons. The minimum atomic E-state index is -5.28. The van der Waals surface area contributed by atoms with E-state index in [1.54, 1.807) is 35.2 Å². The molecule has 1 atom stereocenters. The number of nitrogens with one attached hydrogen (secondary N) is 2. The minimum Gasteiger partial charge on any atom is -0.747 e. The topological polar surface area (TPSA) is 192 Å². The molecule has 5 aliphatic heterocycles. The number of piperidine rings is 1. The summed E-state index contributed by atoms with van der Waals surface area (Å²) >= 11 is 0. The Balaban J connectivity index is 0.753. The molecule has 0 radical (unpaired) electrons. The van der Waals surface area contributed by atoms with Crippen molar-refractivity contribution in [2.75, 3.05) is 49.1 Å². The second-order valence-corrected chi connectivity index (χ2v) is 23.7. The van der Waals surface area contributed by atoms with Crippen LogP contribution < -0.4 is 30.4 Å². The summed E-state index contributed by atoms with van der Waals surface area (Å²) < 4.78 is 77.9. The van der Waals surface area contributed by atoms with Crippen molar-refractivity contribution in [3.8, 4) is 34.3 Å². The van der Waals surface area contributed by atoms with Gasteiger partial charge in [0.1, 0.15) is 26.7 Å². The van der Waals surface area contributed by atoms with Gasteiger partial charge in [0.2, 0.25) is 38.8 Å². The first kappa shape index (κ1) is 51.4. The fourth-order valence-electron chi connectivity index (χ4n) is 11.5. The van der Waals surface area contributed by atoms with Gasteiger partial charge in [0, 0.05) is 120 Å². The maximum Gasteiger partial charge on any atom is 0.243 e. The molecule has 15 nitrogen and oxygen atoms in total. The summed E-state index contributed by atoms with van der Waals surface area (Å²) in [6, 6.07) is 50.4. The number of benzene rings is 7. The van der Waals surface area contributed by atoms with Crippen molar-refractivity contribution in [2.45, 2.75) is 48.8 Å². The van der Waals surface area contributed by atoms with Crippen LogP contribution in [0, 0.1) is 17.8 Å². The summed E-state index contributed by atoms with van der Waals surface area (Å²) in [7, 11) is -9.47. The highest BCUT2D eigenvalue weighted by Crippen LogP contribution is 2.45. The van der Waals surface area contributed by atoms with Gasteiger partial charge in [-0.05, 0) is 78.9 Å². The van der Waals surface area contributed by atoms with Gasteiger partial charge in [-0.15, -0.1) is 0 Å². The molecule has 17 heteroatoms. The average Bonchev–Trinajstić information content (AvgIpc) is 4.19. The summed E-state index contributed by atoms with van der Waals surface area (Å²) in [5.74, 6) is 3.99. The number of sulfonamides is 1. The van der Waals surface area contributed by atoms with E-state index >= 15 is 0 Å². The van der Waals surface area contributed by atoms with Crippen molar-refractivity contribution in [3.05, 3.63) is 191 Å². The fraction of sp³-hybridized carbons (Fsp3) is 0.226. The first-order valence-electron chi connectivity index (χ1n) is 26.4. The van der Waals surface area contributed by atoms with Gasteiger partial charge in [-0.1, -0.05) is 96.8 Å². The zero-order valence-corrected chi connectivity index (χ0v) is 44.6. The molecule has 2 N–H and O–H groups in total. The van der Waals surface area contributed by atoms with Crippen molar-refractivity contribution >= 4 is 71.6 Å². The number of fused-ring (bicyclic) bond motifs is 6. The van der Waals surface area contributed by atoms with Gasteiger partial charge in [0.15, 0.2) is 6.54 Å². The lowest BCUT2D eigenvalue weighted by Gasteiger charge is -2.31. The van der Waals surface area contributed by atoms with Crippen molar-refractivity contribution in [1.82, 2.24) is 19.5 Å². The largest absolute Gasteiger partial charge is 0.747 e. The normalized spacial score (nSPS) is 16.4. The lowest BCUT2D eigenvalue weighted by molar-refractivity contribution is -0.126. The quantitative estimate of drug-likeness (QED) is 0.0538. The van der Waals surface area contributed by atoms with E-state index in [-0.39, 0.29) is 56.2 Å². The number of nitrogens with zero attached hydrogens (tertiary/aromatic N) is 4. The number of rotatable bonds is 12. The molecule has 0 bridgehead atoms. The Kier molecular flexibility index (Phi) is 13.7. The molecule has 6 aromatic carbocycles.